The highest BCUT2D eigenvalue weighted by Gasteiger charge is 2.24. The van der Waals surface area contributed by atoms with Crippen LogP contribution in [0.2, 0.25) is 5.02 Å². The van der Waals surface area contributed by atoms with Crippen LogP contribution in [0, 0.1) is 0 Å². The average Bonchev–Trinajstić information content (AvgIpc) is 3.27. The zero-order chi connectivity index (χ0) is 29.0. The normalized spacial score (nSPS) is 10.6. The van der Waals surface area contributed by atoms with Gasteiger partial charge in [0, 0.05) is 17.5 Å². The average molecular weight is 582 g/mol. The predicted octanol–water partition coefficient (Wildman–Crippen LogP) is 3.50. The molecule has 0 aliphatic rings. The number of nitrogens with two attached hydrogens (primary N) is 2. The molecule has 204 valence electrons. The number of pyridine rings is 1. The van der Waals surface area contributed by atoms with Gasteiger partial charge in [-0.2, -0.15) is 0 Å². The first-order valence-corrected chi connectivity index (χ1v) is 12.6. The summed E-state index contributed by atoms with van der Waals surface area (Å²) in [5.41, 5.74) is 12.1. The van der Waals surface area contributed by atoms with E-state index in [-0.39, 0.29) is 39.4 Å². The molecule has 0 aliphatic carbocycles. The first-order valence-electron chi connectivity index (χ1n) is 11.3. The maximum Gasteiger partial charge on any atom is 0.347 e. The molecule has 6 N–H and O–H groups in total. The van der Waals surface area contributed by atoms with E-state index in [9.17, 15) is 29.4 Å². The summed E-state index contributed by atoms with van der Waals surface area (Å²) in [6, 6.07) is 13.7. The van der Waals surface area contributed by atoms with E-state index >= 15 is 0 Å². The lowest BCUT2D eigenvalue weighted by Crippen LogP contribution is -2.35. The smallest absolute Gasteiger partial charge is 0.347 e. The zero-order valence-corrected chi connectivity index (χ0v) is 22.0. The number of rotatable bonds is 9. The maximum absolute atomic E-state index is 13.2. The molecule has 0 saturated heterocycles. The zero-order valence-electron chi connectivity index (χ0n) is 20.4. The molecule has 0 atom stereocenters. The number of hydrogen-bond acceptors (Lipinski definition) is 8. The second-order valence-electron chi connectivity index (χ2n) is 8.29. The van der Waals surface area contributed by atoms with Crippen LogP contribution in [0.25, 0.3) is 10.9 Å². The van der Waals surface area contributed by atoms with Crippen LogP contribution in [0.4, 0.5) is 5.69 Å². The monoisotopic (exact) mass is 581 g/mol. The minimum absolute atomic E-state index is 0.0378. The molecule has 12 nitrogen and oxygen atoms in total. The SMILES string of the molecule is NC(N)=Nc1ccc(C(=O)Oc2ccc3nc(C(=O)N(CC(=O)O)Cc4csc(C(=O)O)c4Cl)ccc3c2)cc1. The third-order valence-corrected chi connectivity index (χ3v) is 6.98. The van der Waals surface area contributed by atoms with E-state index in [1.165, 1.54) is 29.6 Å². The molecular weight excluding hydrogens is 562 g/mol. The summed E-state index contributed by atoms with van der Waals surface area (Å²) >= 11 is 7.00. The van der Waals surface area contributed by atoms with E-state index < -0.39 is 30.4 Å². The van der Waals surface area contributed by atoms with E-state index in [1.54, 1.807) is 30.3 Å². The number of hydrogen-bond donors (Lipinski definition) is 4. The van der Waals surface area contributed by atoms with Crippen molar-refractivity contribution in [2.75, 3.05) is 6.54 Å². The summed E-state index contributed by atoms with van der Waals surface area (Å²) < 4.78 is 5.44. The Kier molecular flexibility index (Phi) is 8.26. The maximum atomic E-state index is 13.2. The second-order valence-corrected chi connectivity index (χ2v) is 9.55. The van der Waals surface area contributed by atoms with Crippen molar-refractivity contribution in [1.82, 2.24) is 9.88 Å². The minimum atomic E-state index is -1.27. The molecule has 1 amide bonds. The van der Waals surface area contributed by atoms with Crippen LogP contribution >= 0.6 is 22.9 Å². The number of amides is 1. The molecule has 0 radical (unpaired) electrons. The van der Waals surface area contributed by atoms with Crippen LogP contribution in [-0.2, 0) is 11.3 Å². The van der Waals surface area contributed by atoms with Crippen molar-refractivity contribution in [2.24, 2.45) is 16.5 Å². The molecule has 2 heterocycles. The number of carbonyl (C=O) groups excluding carboxylic acids is 2. The van der Waals surface area contributed by atoms with Crippen LogP contribution in [0.5, 0.6) is 5.75 Å². The first-order chi connectivity index (χ1) is 19.0. The molecule has 4 aromatic rings. The number of guanidine groups is 1. The van der Waals surface area contributed by atoms with Gasteiger partial charge in [-0.1, -0.05) is 17.7 Å². The highest BCUT2D eigenvalue weighted by molar-refractivity contribution is 7.12. The number of aromatic nitrogens is 1. The third kappa shape index (κ3) is 6.51. The molecule has 4 rings (SSSR count). The number of ether oxygens (including phenoxy) is 1. The Bertz CT molecular complexity index is 1670. The number of fused-ring (bicyclic) bond motifs is 1. The molecule has 0 fully saturated rings. The summed E-state index contributed by atoms with van der Waals surface area (Å²) in [6.07, 6.45) is 0. The molecule has 40 heavy (non-hydrogen) atoms. The van der Waals surface area contributed by atoms with Gasteiger partial charge in [0.2, 0.25) is 0 Å². The Morgan fingerprint density at radius 1 is 1.02 bits per heavy atom. The summed E-state index contributed by atoms with van der Waals surface area (Å²) in [7, 11) is 0. The van der Waals surface area contributed by atoms with Gasteiger partial charge >= 0.3 is 17.9 Å². The summed E-state index contributed by atoms with van der Waals surface area (Å²) in [4.78, 5) is 57.6. The Morgan fingerprint density at radius 3 is 2.38 bits per heavy atom. The van der Waals surface area contributed by atoms with Gasteiger partial charge in [-0.05, 0) is 53.9 Å². The van der Waals surface area contributed by atoms with Gasteiger partial charge in [0.1, 0.15) is 22.9 Å². The van der Waals surface area contributed by atoms with E-state index in [0.717, 1.165) is 16.2 Å². The molecule has 0 spiro atoms. The number of aliphatic imine (C=N–C) groups is 1. The van der Waals surface area contributed by atoms with E-state index in [2.05, 4.69) is 9.98 Å². The fourth-order valence-electron chi connectivity index (χ4n) is 3.63. The standard InChI is InChI=1S/C26H20ClN5O7S/c27-21-15(12-40-22(21)24(36)37)10-32(11-20(33)34)23(35)19-7-3-14-9-17(6-8-18(14)31-19)39-25(38)13-1-4-16(5-2-13)30-26(28)29/h1-9,12H,10-11H2,(H,33,34)(H,36,37)(H4,28,29,30). The van der Waals surface area contributed by atoms with Crippen LogP contribution < -0.4 is 16.2 Å². The molecule has 0 saturated carbocycles. The van der Waals surface area contributed by atoms with Crippen LogP contribution in [0.1, 0.15) is 36.1 Å². The number of benzene rings is 2. The van der Waals surface area contributed by atoms with Gasteiger partial charge in [-0.3, -0.25) is 9.59 Å². The predicted molar refractivity (Wildman–Crippen MR) is 147 cm³/mol. The van der Waals surface area contributed by atoms with Crippen molar-refractivity contribution in [3.63, 3.8) is 0 Å². The van der Waals surface area contributed by atoms with Crippen molar-refractivity contribution in [1.29, 1.82) is 0 Å². The van der Waals surface area contributed by atoms with E-state index in [1.807, 2.05) is 0 Å². The minimum Gasteiger partial charge on any atom is -0.480 e. The molecule has 2 aromatic carbocycles. The molecule has 14 heteroatoms. The van der Waals surface area contributed by atoms with Crippen molar-refractivity contribution in [3.8, 4) is 5.75 Å². The third-order valence-electron chi connectivity index (χ3n) is 5.42. The van der Waals surface area contributed by atoms with Crippen molar-refractivity contribution < 1.29 is 34.1 Å². The number of nitrogens with zero attached hydrogens (tertiary/aromatic N) is 3. The molecule has 0 bridgehead atoms. The van der Waals surface area contributed by atoms with E-state index in [4.69, 9.17) is 27.8 Å². The molecule has 0 unspecified atom stereocenters. The lowest BCUT2D eigenvalue weighted by atomic mass is 10.1. The topological polar surface area (TPSA) is 198 Å². The van der Waals surface area contributed by atoms with Crippen molar-refractivity contribution >= 4 is 69.3 Å². The summed E-state index contributed by atoms with van der Waals surface area (Å²) in [5, 5.41) is 20.5. The molecule has 2 aromatic heterocycles. The van der Waals surface area contributed by atoms with E-state index in [0.29, 0.717) is 22.2 Å². The number of thiophene rings is 1. The van der Waals surface area contributed by atoms with Crippen molar-refractivity contribution in [3.05, 3.63) is 86.7 Å². The summed E-state index contributed by atoms with van der Waals surface area (Å²) in [6.45, 7) is -0.885. The van der Waals surface area contributed by atoms with Gasteiger partial charge in [-0.15, -0.1) is 11.3 Å². The number of carboxylic acid groups (broad SMARTS) is 2. The Labute approximate surface area is 235 Å². The van der Waals surface area contributed by atoms with Crippen LogP contribution in [-0.4, -0.2) is 56.4 Å². The lowest BCUT2D eigenvalue weighted by molar-refractivity contribution is -0.137. The summed E-state index contributed by atoms with van der Waals surface area (Å²) in [5.74, 6) is -3.67. The fourth-order valence-corrected chi connectivity index (χ4v) is 4.82. The van der Waals surface area contributed by atoms with Gasteiger partial charge in [0.25, 0.3) is 5.91 Å². The second kappa shape index (κ2) is 11.8. The Balaban J connectivity index is 1.52. The highest BCUT2D eigenvalue weighted by atomic mass is 35.5. The number of aliphatic carboxylic acids is 1. The number of halogens is 1. The Hall–Kier alpha value is -5.01. The highest BCUT2D eigenvalue weighted by Crippen LogP contribution is 2.29. The Morgan fingerprint density at radius 2 is 1.75 bits per heavy atom. The first kappa shape index (κ1) is 28.0. The van der Waals surface area contributed by atoms with Gasteiger partial charge in [0.15, 0.2) is 5.96 Å². The van der Waals surface area contributed by atoms with Gasteiger partial charge in [0.05, 0.1) is 21.8 Å². The number of aromatic carboxylic acids is 1. The molecular formula is C26H20ClN5O7S. The molecule has 0 aliphatic heterocycles. The number of esters is 1. The quantitative estimate of drug-likeness (QED) is 0.0981. The largest absolute Gasteiger partial charge is 0.480 e. The van der Waals surface area contributed by atoms with Crippen molar-refractivity contribution in [2.45, 2.75) is 6.54 Å². The van der Waals surface area contributed by atoms with Gasteiger partial charge in [-0.25, -0.2) is 19.6 Å². The lowest BCUT2D eigenvalue weighted by Gasteiger charge is -2.20. The van der Waals surface area contributed by atoms with Gasteiger partial charge < -0.3 is 31.3 Å². The van der Waals surface area contributed by atoms with Crippen LogP contribution in [0.3, 0.4) is 0 Å². The number of carbonyl (C=O) groups is 4. The fraction of sp³-hybridized carbons (Fsp3) is 0.0769. The van der Waals surface area contributed by atoms with Crippen LogP contribution in [0.15, 0.2) is 65.0 Å². The number of carboxylic acids is 2.